The number of amides is 2. The third-order valence-electron chi connectivity index (χ3n) is 4.92. The van der Waals surface area contributed by atoms with Gasteiger partial charge in [-0.2, -0.15) is 0 Å². The van der Waals surface area contributed by atoms with E-state index < -0.39 is 10.0 Å². The smallest absolute Gasteiger partial charge is 0.256 e. The summed E-state index contributed by atoms with van der Waals surface area (Å²) < 4.78 is 31.8. The van der Waals surface area contributed by atoms with Crippen LogP contribution in [0.3, 0.4) is 0 Å². The zero-order chi connectivity index (χ0) is 22.4. The lowest BCUT2D eigenvalue weighted by Gasteiger charge is -2.32. The van der Waals surface area contributed by atoms with Crippen LogP contribution < -0.4 is 10.0 Å². The van der Waals surface area contributed by atoms with E-state index in [0.717, 1.165) is 11.8 Å². The van der Waals surface area contributed by atoms with Crippen LogP contribution in [0.1, 0.15) is 35.7 Å². The van der Waals surface area contributed by atoms with Crippen molar-refractivity contribution < 1.29 is 22.7 Å². The van der Waals surface area contributed by atoms with E-state index in [4.69, 9.17) is 4.74 Å². The number of carbonyl (C=O) groups excluding carboxylic acids is 2. The van der Waals surface area contributed by atoms with Gasteiger partial charge in [0.1, 0.15) is 0 Å². The lowest BCUT2D eigenvalue weighted by Crippen LogP contribution is -2.41. The number of nitrogens with zero attached hydrogens (tertiary/aromatic N) is 1. The molecule has 31 heavy (non-hydrogen) atoms. The summed E-state index contributed by atoms with van der Waals surface area (Å²) in [5.41, 5.74) is 1.91. The van der Waals surface area contributed by atoms with Gasteiger partial charge >= 0.3 is 0 Å². The van der Waals surface area contributed by atoms with Crippen LogP contribution in [-0.2, 0) is 26.2 Å². The highest BCUT2D eigenvalue weighted by Gasteiger charge is 2.26. The third-order valence-corrected chi connectivity index (χ3v) is 5.51. The van der Waals surface area contributed by atoms with Crippen molar-refractivity contribution in [2.24, 2.45) is 0 Å². The van der Waals surface area contributed by atoms with Gasteiger partial charge in [-0.05, 0) is 36.6 Å². The summed E-state index contributed by atoms with van der Waals surface area (Å²) in [7, 11) is -3.57. The number of nitrogens with one attached hydrogen (secondary N) is 2. The van der Waals surface area contributed by atoms with Crippen LogP contribution in [-0.4, -0.2) is 50.6 Å². The summed E-state index contributed by atoms with van der Waals surface area (Å²) in [6.45, 7) is 2.90. The topological polar surface area (TPSA) is 105 Å². The molecule has 0 aromatic heterocycles. The minimum Gasteiger partial charge on any atom is -0.373 e. The highest BCUT2D eigenvalue weighted by Crippen LogP contribution is 2.25. The summed E-state index contributed by atoms with van der Waals surface area (Å²) >= 11 is 0. The van der Waals surface area contributed by atoms with Crippen LogP contribution in [0, 0.1) is 0 Å². The van der Waals surface area contributed by atoms with Gasteiger partial charge < -0.3 is 15.0 Å². The van der Waals surface area contributed by atoms with Crippen LogP contribution in [0.25, 0.3) is 0 Å². The van der Waals surface area contributed by atoms with Crippen molar-refractivity contribution in [2.75, 3.05) is 29.4 Å². The lowest BCUT2D eigenvalue weighted by molar-refractivity contribution is -0.114. The fraction of sp³-hybridized carbons (Fsp3) is 0.364. The zero-order valence-electron chi connectivity index (χ0n) is 17.6. The molecule has 1 aliphatic rings. The molecule has 0 spiro atoms. The van der Waals surface area contributed by atoms with Gasteiger partial charge in [0, 0.05) is 25.7 Å². The maximum Gasteiger partial charge on any atom is 0.256 e. The molecular weight excluding hydrogens is 418 g/mol. The van der Waals surface area contributed by atoms with Gasteiger partial charge in [0.05, 0.1) is 30.2 Å². The zero-order valence-corrected chi connectivity index (χ0v) is 18.4. The fourth-order valence-corrected chi connectivity index (χ4v) is 4.05. The van der Waals surface area contributed by atoms with E-state index in [1.165, 1.54) is 19.1 Å². The van der Waals surface area contributed by atoms with E-state index in [2.05, 4.69) is 10.0 Å². The molecule has 9 heteroatoms. The number of hydrogen-bond donors (Lipinski definition) is 2. The van der Waals surface area contributed by atoms with Gasteiger partial charge in [-0.25, -0.2) is 8.42 Å². The number of likely N-dealkylation sites (tertiary alicyclic amines) is 1. The number of anilines is 2. The van der Waals surface area contributed by atoms with Crippen LogP contribution >= 0.6 is 0 Å². The Morgan fingerprint density at radius 2 is 1.77 bits per heavy atom. The monoisotopic (exact) mass is 445 g/mol. The number of ether oxygens (including phenoxy) is 1. The Morgan fingerprint density at radius 3 is 2.39 bits per heavy atom. The Kier molecular flexibility index (Phi) is 7.29. The molecule has 0 atom stereocenters. The number of benzene rings is 2. The Hall–Kier alpha value is -2.91. The van der Waals surface area contributed by atoms with Crippen molar-refractivity contribution in [2.45, 2.75) is 32.5 Å². The molecule has 0 radical (unpaired) electrons. The highest BCUT2D eigenvalue weighted by molar-refractivity contribution is 7.92. The molecule has 8 nitrogen and oxygen atoms in total. The Bertz CT molecular complexity index is 1030. The molecule has 2 aromatic carbocycles. The van der Waals surface area contributed by atoms with Gasteiger partial charge in [0.2, 0.25) is 15.9 Å². The molecule has 1 fully saturated rings. The molecule has 1 aliphatic heterocycles. The quantitative estimate of drug-likeness (QED) is 0.682. The van der Waals surface area contributed by atoms with E-state index in [0.29, 0.717) is 38.2 Å². The van der Waals surface area contributed by atoms with Crippen molar-refractivity contribution in [3.8, 4) is 0 Å². The highest BCUT2D eigenvalue weighted by atomic mass is 32.2. The SMILES string of the molecule is CC(=O)Nc1ccc(NS(C)(=O)=O)c(C(=O)N2CCC(OCc3ccccc3)CC2)c1. The van der Waals surface area contributed by atoms with E-state index in [1.54, 1.807) is 11.0 Å². The molecule has 1 heterocycles. The van der Waals surface area contributed by atoms with Gasteiger partial charge in [-0.3, -0.25) is 14.3 Å². The minimum absolute atomic E-state index is 0.0589. The lowest BCUT2D eigenvalue weighted by atomic mass is 10.0. The van der Waals surface area contributed by atoms with Gasteiger partial charge in [0.15, 0.2) is 0 Å². The van der Waals surface area contributed by atoms with E-state index in [-0.39, 0.29) is 29.2 Å². The van der Waals surface area contributed by atoms with Crippen LogP contribution in [0.15, 0.2) is 48.5 Å². The number of piperidine rings is 1. The molecule has 1 saturated heterocycles. The van der Waals surface area contributed by atoms with Gasteiger partial charge in [0.25, 0.3) is 5.91 Å². The van der Waals surface area contributed by atoms with E-state index in [9.17, 15) is 18.0 Å². The fourth-order valence-electron chi connectivity index (χ4n) is 3.48. The van der Waals surface area contributed by atoms with Crippen LogP contribution in [0.5, 0.6) is 0 Å². The summed E-state index contributed by atoms with van der Waals surface area (Å²) in [6.07, 6.45) is 2.47. The van der Waals surface area contributed by atoms with Crippen molar-refractivity contribution in [3.63, 3.8) is 0 Å². The largest absolute Gasteiger partial charge is 0.373 e. The molecule has 2 aromatic rings. The first-order chi connectivity index (χ1) is 14.7. The predicted molar refractivity (Wildman–Crippen MR) is 119 cm³/mol. The predicted octanol–water partition coefficient (Wildman–Crippen LogP) is 2.84. The molecule has 0 bridgehead atoms. The summed E-state index contributed by atoms with van der Waals surface area (Å²) in [6, 6.07) is 14.4. The van der Waals surface area contributed by atoms with Crippen molar-refractivity contribution >= 4 is 33.2 Å². The van der Waals surface area contributed by atoms with Crippen molar-refractivity contribution in [1.29, 1.82) is 0 Å². The molecule has 3 rings (SSSR count). The number of sulfonamides is 1. The second kappa shape index (κ2) is 9.93. The van der Waals surface area contributed by atoms with E-state index in [1.807, 2.05) is 30.3 Å². The first-order valence-corrected chi connectivity index (χ1v) is 11.9. The normalized spacial score (nSPS) is 14.8. The molecular formula is C22H27N3O5S. The van der Waals surface area contributed by atoms with Crippen LogP contribution in [0.4, 0.5) is 11.4 Å². The van der Waals surface area contributed by atoms with Gasteiger partial charge in [-0.15, -0.1) is 0 Å². The molecule has 166 valence electrons. The first-order valence-electron chi connectivity index (χ1n) is 10.1. The Balaban J connectivity index is 1.67. The molecule has 2 amide bonds. The Morgan fingerprint density at radius 1 is 1.10 bits per heavy atom. The first kappa shape index (κ1) is 22.8. The summed E-state index contributed by atoms with van der Waals surface area (Å²) in [5.74, 6) is -0.571. The van der Waals surface area contributed by atoms with Crippen molar-refractivity contribution in [1.82, 2.24) is 4.90 Å². The maximum atomic E-state index is 13.2. The second-order valence-electron chi connectivity index (χ2n) is 7.60. The standard InChI is InChI=1S/C22H27N3O5S/c1-16(26)23-18-8-9-21(24-31(2,28)29)20(14-18)22(27)25-12-10-19(11-13-25)30-15-17-6-4-3-5-7-17/h3-9,14,19,24H,10-13,15H2,1-2H3,(H,23,26). The third kappa shape index (κ3) is 6.80. The summed E-state index contributed by atoms with van der Waals surface area (Å²) in [4.78, 5) is 26.2. The molecule has 0 saturated carbocycles. The molecule has 0 unspecified atom stereocenters. The average Bonchev–Trinajstić information content (AvgIpc) is 2.72. The summed E-state index contributed by atoms with van der Waals surface area (Å²) in [5, 5.41) is 2.63. The maximum absolute atomic E-state index is 13.2. The Labute approximate surface area is 182 Å². The molecule has 2 N–H and O–H groups in total. The van der Waals surface area contributed by atoms with Gasteiger partial charge in [-0.1, -0.05) is 30.3 Å². The molecule has 0 aliphatic carbocycles. The van der Waals surface area contributed by atoms with Crippen LogP contribution in [0.2, 0.25) is 0 Å². The van der Waals surface area contributed by atoms with E-state index >= 15 is 0 Å². The second-order valence-corrected chi connectivity index (χ2v) is 9.35. The minimum atomic E-state index is -3.57. The van der Waals surface area contributed by atoms with Crippen molar-refractivity contribution in [3.05, 3.63) is 59.7 Å². The number of hydrogen-bond acceptors (Lipinski definition) is 5. The number of carbonyl (C=O) groups is 2. The number of rotatable bonds is 7. The average molecular weight is 446 g/mol.